The average molecular weight is 218 g/mol. The van der Waals surface area contributed by atoms with Crippen molar-refractivity contribution in [3.8, 4) is 0 Å². The highest BCUT2D eigenvalue weighted by molar-refractivity contribution is 6.08. The molecule has 0 bridgehead atoms. The third-order valence-electron chi connectivity index (χ3n) is 0.902. The van der Waals surface area contributed by atoms with Crippen LogP contribution in [0.15, 0.2) is 24.8 Å². The van der Waals surface area contributed by atoms with E-state index in [9.17, 15) is 9.59 Å². The summed E-state index contributed by atoms with van der Waals surface area (Å²) >= 11 is 0. The van der Waals surface area contributed by atoms with Gasteiger partial charge in [0.2, 0.25) is 21.0 Å². The molecule has 0 aromatic heterocycles. The molecule has 0 aliphatic heterocycles. The Balaban J connectivity index is 0. The van der Waals surface area contributed by atoms with E-state index in [-0.39, 0.29) is 11.9 Å². The number of carbonyl (C=O) groups is 2. The summed E-state index contributed by atoms with van der Waals surface area (Å²) in [6, 6.07) is 0. The van der Waals surface area contributed by atoms with Crippen LogP contribution in [-0.4, -0.2) is 32.9 Å². The third-order valence-corrected chi connectivity index (χ3v) is 1.67. The monoisotopic (exact) mass is 218 g/mol. The first-order valence-electron chi connectivity index (χ1n) is 3.43. The van der Waals surface area contributed by atoms with Crippen LogP contribution in [0, 0.1) is 0 Å². The van der Waals surface area contributed by atoms with E-state index in [2.05, 4.69) is 22.0 Å². The lowest BCUT2D eigenvalue weighted by Crippen LogP contribution is -2.00. The number of hydrogen-bond donors (Lipinski definition) is 0. The van der Waals surface area contributed by atoms with Gasteiger partial charge in [-0.25, -0.2) is 9.59 Å². The highest BCUT2D eigenvalue weighted by Gasteiger charge is 1.94. The standard InChI is InChI=1S/C4H8O2Si.C3H6O2Si/c1-3(2)4(5)6-7;1-2-3(4)5-6/h1H2,2,7H3;2H,1H2,6H3. The second kappa shape index (κ2) is 8.95. The largest absolute Gasteiger partial charge is 0.526 e. The van der Waals surface area contributed by atoms with Crippen molar-refractivity contribution < 1.29 is 18.4 Å². The van der Waals surface area contributed by atoms with E-state index < -0.39 is 0 Å². The van der Waals surface area contributed by atoms with Gasteiger partial charge >= 0.3 is 11.9 Å². The Kier molecular flexibility index (Phi) is 9.90. The smallest absolute Gasteiger partial charge is 0.319 e. The van der Waals surface area contributed by atoms with E-state index >= 15 is 0 Å². The molecule has 0 aliphatic rings. The highest BCUT2D eigenvalue weighted by Crippen LogP contribution is 1.86. The van der Waals surface area contributed by atoms with Crippen LogP contribution in [-0.2, 0) is 18.4 Å². The summed E-state index contributed by atoms with van der Waals surface area (Å²) in [6.07, 6.45) is 1.15. The van der Waals surface area contributed by atoms with E-state index in [4.69, 9.17) is 0 Å². The molecule has 0 aliphatic carbocycles. The topological polar surface area (TPSA) is 52.6 Å². The molecule has 0 saturated heterocycles. The van der Waals surface area contributed by atoms with Crippen molar-refractivity contribution in [3.63, 3.8) is 0 Å². The van der Waals surface area contributed by atoms with E-state index in [1.54, 1.807) is 6.92 Å². The van der Waals surface area contributed by atoms with Crippen molar-refractivity contribution >= 4 is 32.9 Å². The summed E-state index contributed by atoms with van der Waals surface area (Å²) in [4.78, 5) is 20.1. The fraction of sp³-hybridized carbons (Fsp3) is 0.143. The van der Waals surface area contributed by atoms with Gasteiger partial charge in [0.15, 0.2) is 0 Å². The molecule has 0 unspecified atom stereocenters. The van der Waals surface area contributed by atoms with Gasteiger partial charge in [0, 0.05) is 11.6 Å². The Labute approximate surface area is 83.7 Å². The molecule has 0 aromatic carbocycles. The molecule has 0 atom stereocenters. The van der Waals surface area contributed by atoms with Crippen molar-refractivity contribution in [1.29, 1.82) is 0 Å². The Hall–Kier alpha value is -1.15. The molecule has 0 fully saturated rings. The quantitative estimate of drug-likeness (QED) is 0.413. The lowest BCUT2D eigenvalue weighted by atomic mass is 10.4. The third kappa shape index (κ3) is 10.9. The van der Waals surface area contributed by atoms with Crippen LogP contribution in [0.2, 0.25) is 0 Å². The Morgan fingerprint density at radius 3 is 1.77 bits per heavy atom. The van der Waals surface area contributed by atoms with Crippen molar-refractivity contribution in [2.75, 3.05) is 0 Å². The van der Waals surface area contributed by atoms with Crippen LogP contribution in [0.4, 0.5) is 0 Å². The van der Waals surface area contributed by atoms with Crippen molar-refractivity contribution in [3.05, 3.63) is 24.8 Å². The van der Waals surface area contributed by atoms with E-state index in [0.717, 1.165) is 6.08 Å². The minimum absolute atomic E-state index is 0.285. The maximum absolute atomic E-state index is 10.2. The molecular formula is C7H14O4Si2. The van der Waals surface area contributed by atoms with Gasteiger partial charge in [-0.05, 0) is 6.92 Å². The van der Waals surface area contributed by atoms with Gasteiger partial charge < -0.3 is 8.85 Å². The summed E-state index contributed by atoms with van der Waals surface area (Å²) in [5, 5.41) is 0. The molecule has 6 heteroatoms. The Morgan fingerprint density at radius 2 is 1.77 bits per heavy atom. The predicted molar refractivity (Wildman–Crippen MR) is 57.1 cm³/mol. The molecule has 0 aromatic rings. The fourth-order valence-electron chi connectivity index (χ4n) is 0.258. The van der Waals surface area contributed by atoms with Crippen molar-refractivity contribution in [1.82, 2.24) is 0 Å². The van der Waals surface area contributed by atoms with Gasteiger partial charge in [-0.3, -0.25) is 0 Å². The molecule has 74 valence electrons. The van der Waals surface area contributed by atoms with Crippen molar-refractivity contribution in [2.24, 2.45) is 0 Å². The zero-order valence-corrected chi connectivity index (χ0v) is 12.1. The van der Waals surface area contributed by atoms with Crippen LogP contribution in [0.1, 0.15) is 6.92 Å². The molecule has 0 spiro atoms. The van der Waals surface area contributed by atoms with Crippen LogP contribution in [0.3, 0.4) is 0 Å². The summed E-state index contributed by atoms with van der Waals surface area (Å²) in [5.41, 5.74) is 0.468. The molecule has 0 saturated carbocycles. The molecule has 0 rings (SSSR count). The average Bonchev–Trinajstić information content (AvgIpc) is 2.16. The molecule has 0 amide bonds. The molecule has 0 radical (unpaired) electrons. The molecule has 0 N–H and O–H groups in total. The summed E-state index contributed by atoms with van der Waals surface area (Å²) in [5.74, 6) is -0.617. The fourth-order valence-corrected chi connectivity index (χ4v) is 0.773. The lowest BCUT2D eigenvalue weighted by molar-refractivity contribution is -0.130. The van der Waals surface area contributed by atoms with Crippen LogP contribution < -0.4 is 0 Å². The van der Waals surface area contributed by atoms with E-state index in [0.29, 0.717) is 26.5 Å². The van der Waals surface area contributed by atoms with Crippen LogP contribution in [0.5, 0.6) is 0 Å². The summed E-state index contributed by atoms with van der Waals surface area (Å²) < 4.78 is 8.69. The van der Waals surface area contributed by atoms with Crippen molar-refractivity contribution in [2.45, 2.75) is 6.92 Å². The van der Waals surface area contributed by atoms with Gasteiger partial charge in [0.25, 0.3) is 0 Å². The summed E-state index contributed by atoms with van der Waals surface area (Å²) in [7, 11) is 0.922. The molecule has 13 heavy (non-hydrogen) atoms. The van der Waals surface area contributed by atoms with Crippen LogP contribution in [0.25, 0.3) is 0 Å². The molecule has 4 nitrogen and oxygen atoms in total. The number of carbonyl (C=O) groups excluding carboxylic acids is 2. The van der Waals surface area contributed by atoms with E-state index in [1.165, 1.54) is 0 Å². The maximum atomic E-state index is 10.2. The SMILES string of the molecule is C=C(C)C(=O)O[SiH3].C=CC(=O)O[SiH3]. The van der Waals surface area contributed by atoms with Gasteiger partial charge in [-0.2, -0.15) is 0 Å². The minimum atomic E-state index is -0.332. The first-order valence-corrected chi connectivity index (χ1v) is 5.07. The number of rotatable bonds is 2. The second-order valence-corrected chi connectivity index (χ2v) is 2.82. The first kappa shape index (κ1) is 14.4. The molecular weight excluding hydrogens is 204 g/mol. The summed E-state index contributed by atoms with van der Waals surface area (Å²) in [6.45, 7) is 8.18. The van der Waals surface area contributed by atoms with Gasteiger partial charge in [0.1, 0.15) is 0 Å². The number of hydrogen-bond acceptors (Lipinski definition) is 4. The first-order chi connectivity index (χ1) is 5.99. The second-order valence-electron chi connectivity index (χ2n) is 2.00. The van der Waals surface area contributed by atoms with Gasteiger partial charge in [-0.15, -0.1) is 0 Å². The minimum Gasteiger partial charge on any atom is -0.526 e. The normalized spacial score (nSPS) is 7.77. The van der Waals surface area contributed by atoms with Gasteiger partial charge in [0.05, 0.1) is 0 Å². The lowest BCUT2D eigenvalue weighted by Gasteiger charge is -1.92. The predicted octanol–water partition coefficient (Wildman–Crippen LogP) is -1.62. The molecule has 0 heterocycles. The zero-order chi connectivity index (χ0) is 10.9. The highest BCUT2D eigenvalue weighted by atomic mass is 28.2. The maximum Gasteiger partial charge on any atom is 0.319 e. The zero-order valence-electron chi connectivity index (χ0n) is 8.12. The van der Waals surface area contributed by atoms with Crippen LogP contribution >= 0.6 is 0 Å². The Bertz CT molecular complexity index is 213. The Morgan fingerprint density at radius 1 is 1.31 bits per heavy atom. The van der Waals surface area contributed by atoms with E-state index in [1.807, 2.05) is 0 Å². The van der Waals surface area contributed by atoms with Gasteiger partial charge in [-0.1, -0.05) is 13.2 Å².